The van der Waals surface area contributed by atoms with Crippen LogP contribution >= 0.6 is 11.3 Å². The number of carbonyl (C=O) groups is 2. The number of anilines is 1. The van der Waals surface area contributed by atoms with Gasteiger partial charge in [0, 0.05) is 41.3 Å². The van der Waals surface area contributed by atoms with Gasteiger partial charge < -0.3 is 20.5 Å². The standard InChI is InChI=1S/C31H31N3O4S/c1-37-27-17-21-12-15-34(19-22(21)18-28(27)38-2)14-11-20-7-9-23(10-8-20)33-31(36)25-6-4-3-5-24(25)29-26(30(32)35)13-16-39-29/h3-10,13,16-18H,11-12,14-15,19H2,1-2H3,(H2,32,35)(H,33,36). The van der Waals surface area contributed by atoms with E-state index in [2.05, 4.69) is 34.5 Å². The fourth-order valence-corrected chi connectivity index (χ4v) is 5.90. The molecule has 200 valence electrons. The molecule has 5 rings (SSSR count). The third kappa shape index (κ3) is 5.82. The molecule has 8 heteroatoms. The van der Waals surface area contributed by atoms with Crippen molar-refractivity contribution in [2.45, 2.75) is 19.4 Å². The van der Waals surface area contributed by atoms with Gasteiger partial charge in [0.2, 0.25) is 5.91 Å². The van der Waals surface area contributed by atoms with Crippen LogP contribution in [0.5, 0.6) is 11.5 Å². The Morgan fingerprint density at radius 1 is 0.949 bits per heavy atom. The largest absolute Gasteiger partial charge is 0.493 e. The third-order valence-corrected chi connectivity index (χ3v) is 8.02. The van der Waals surface area contributed by atoms with Crippen LogP contribution in [-0.4, -0.2) is 44.0 Å². The van der Waals surface area contributed by atoms with E-state index in [-0.39, 0.29) is 5.91 Å². The SMILES string of the molecule is COc1cc2c(cc1OC)CN(CCc1ccc(NC(=O)c3ccccc3-c3sccc3C(N)=O)cc1)CC2. The van der Waals surface area contributed by atoms with Crippen LogP contribution in [0.25, 0.3) is 10.4 Å². The number of nitrogens with two attached hydrogens (primary N) is 1. The first-order chi connectivity index (χ1) is 19.0. The number of thiophene rings is 1. The zero-order chi connectivity index (χ0) is 27.4. The van der Waals surface area contributed by atoms with E-state index in [1.807, 2.05) is 30.3 Å². The molecule has 0 spiro atoms. The van der Waals surface area contributed by atoms with E-state index in [4.69, 9.17) is 15.2 Å². The lowest BCUT2D eigenvalue weighted by molar-refractivity contribution is 0.0997. The molecule has 4 aromatic rings. The molecule has 0 fully saturated rings. The van der Waals surface area contributed by atoms with Crippen molar-refractivity contribution in [3.05, 3.63) is 99.9 Å². The van der Waals surface area contributed by atoms with Gasteiger partial charge in [-0.3, -0.25) is 14.5 Å². The smallest absolute Gasteiger partial charge is 0.256 e. The van der Waals surface area contributed by atoms with Crippen LogP contribution in [0, 0.1) is 0 Å². The molecule has 0 aliphatic carbocycles. The number of carbonyl (C=O) groups excluding carboxylic acids is 2. The highest BCUT2D eigenvalue weighted by molar-refractivity contribution is 7.14. The van der Waals surface area contributed by atoms with Crippen molar-refractivity contribution >= 4 is 28.8 Å². The lowest BCUT2D eigenvalue weighted by atomic mass is 9.98. The number of nitrogens with one attached hydrogen (secondary N) is 1. The number of ether oxygens (including phenoxy) is 2. The van der Waals surface area contributed by atoms with Crippen molar-refractivity contribution in [3.8, 4) is 21.9 Å². The Hall–Kier alpha value is -4.14. The van der Waals surface area contributed by atoms with Crippen molar-refractivity contribution < 1.29 is 19.1 Å². The Kier molecular flexibility index (Phi) is 7.95. The summed E-state index contributed by atoms with van der Waals surface area (Å²) in [7, 11) is 3.33. The second kappa shape index (κ2) is 11.7. The number of hydrogen-bond donors (Lipinski definition) is 2. The summed E-state index contributed by atoms with van der Waals surface area (Å²) in [5, 5.41) is 4.80. The van der Waals surface area contributed by atoms with E-state index in [0.717, 1.165) is 44.0 Å². The van der Waals surface area contributed by atoms with Crippen LogP contribution in [0.3, 0.4) is 0 Å². The minimum atomic E-state index is -0.509. The third-order valence-electron chi connectivity index (χ3n) is 7.07. The number of amides is 2. The average molecular weight is 542 g/mol. The van der Waals surface area contributed by atoms with Crippen molar-refractivity contribution in [2.24, 2.45) is 5.73 Å². The first-order valence-corrected chi connectivity index (χ1v) is 13.7. The zero-order valence-corrected chi connectivity index (χ0v) is 22.8. The molecule has 3 aromatic carbocycles. The molecule has 1 aromatic heterocycles. The molecule has 0 radical (unpaired) electrons. The topological polar surface area (TPSA) is 93.9 Å². The normalized spacial score (nSPS) is 13.0. The summed E-state index contributed by atoms with van der Waals surface area (Å²) in [5.74, 6) is 0.802. The molecule has 2 heterocycles. The number of rotatable bonds is 9. The van der Waals surface area contributed by atoms with Crippen LogP contribution < -0.4 is 20.5 Å². The number of fused-ring (bicyclic) bond motifs is 1. The average Bonchev–Trinajstić information content (AvgIpc) is 3.46. The van der Waals surface area contributed by atoms with E-state index in [1.54, 1.807) is 31.7 Å². The Bertz CT molecular complexity index is 1500. The van der Waals surface area contributed by atoms with E-state index >= 15 is 0 Å². The molecule has 2 amide bonds. The van der Waals surface area contributed by atoms with Crippen LogP contribution in [0.15, 0.2) is 72.1 Å². The monoisotopic (exact) mass is 541 g/mol. The van der Waals surface area contributed by atoms with Gasteiger partial charge in [-0.25, -0.2) is 0 Å². The Labute approximate surface area is 232 Å². The molecule has 1 aliphatic rings. The first kappa shape index (κ1) is 26.5. The summed E-state index contributed by atoms with van der Waals surface area (Å²) in [6.07, 6.45) is 1.89. The van der Waals surface area contributed by atoms with Crippen LogP contribution in [0.2, 0.25) is 0 Å². The second-order valence-electron chi connectivity index (χ2n) is 9.48. The fourth-order valence-electron chi connectivity index (χ4n) is 4.96. The predicted molar refractivity (Wildman–Crippen MR) is 155 cm³/mol. The minimum absolute atomic E-state index is 0.235. The van der Waals surface area contributed by atoms with Gasteiger partial charge in [-0.05, 0) is 71.3 Å². The molecule has 0 bridgehead atoms. The number of hydrogen-bond acceptors (Lipinski definition) is 6. The Balaban J connectivity index is 1.21. The summed E-state index contributed by atoms with van der Waals surface area (Å²) in [5.41, 5.74) is 11.6. The van der Waals surface area contributed by atoms with Gasteiger partial charge in [0.15, 0.2) is 11.5 Å². The van der Waals surface area contributed by atoms with Crippen LogP contribution in [-0.2, 0) is 19.4 Å². The van der Waals surface area contributed by atoms with Crippen LogP contribution in [0.1, 0.15) is 37.4 Å². The number of primary amides is 1. The van der Waals surface area contributed by atoms with E-state index in [1.165, 1.54) is 28.0 Å². The highest BCUT2D eigenvalue weighted by Gasteiger charge is 2.20. The fraction of sp³-hybridized carbons (Fsp3) is 0.226. The number of methoxy groups -OCH3 is 2. The molecule has 0 atom stereocenters. The van der Waals surface area contributed by atoms with Crippen LogP contribution in [0.4, 0.5) is 5.69 Å². The molecule has 7 nitrogen and oxygen atoms in total. The van der Waals surface area contributed by atoms with Gasteiger partial charge in [0.1, 0.15) is 0 Å². The van der Waals surface area contributed by atoms with E-state index in [9.17, 15) is 9.59 Å². The summed E-state index contributed by atoms with van der Waals surface area (Å²) in [6, 6.07) is 21.1. The second-order valence-corrected chi connectivity index (χ2v) is 10.4. The Morgan fingerprint density at radius 2 is 1.67 bits per heavy atom. The summed E-state index contributed by atoms with van der Waals surface area (Å²) in [4.78, 5) is 28.1. The molecule has 0 saturated heterocycles. The van der Waals surface area contributed by atoms with Crippen molar-refractivity contribution in [3.63, 3.8) is 0 Å². The van der Waals surface area contributed by atoms with Gasteiger partial charge in [0.25, 0.3) is 5.91 Å². The molecule has 3 N–H and O–H groups in total. The van der Waals surface area contributed by atoms with E-state index in [0.29, 0.717) is 27.3 Å². The predicted octanol–water partition coefficient (Wildman–Crippen LogP) is 5.38. The molecule has 0 unspecified atom stereocenters. The maximum atomic E-state index is 13.2. The van der Waals surface area contributed by atoms with Gasteiger partial charge in [0.05, 0.1) is 19.8 Å². The summed E-state index contributed by atoms with van der Waals surface area (Å²) < 4.78 is 10.9. The maximum absolute atomic E-state index is 13.2. The van der Waals surface area contributed by atoms with Crippen molar-refractivity contribution in [1.29, 1.82) is 0 Å². The molecule has 39 heavy (non-hydrogen) atoms. The lowest BCUT2D eigenvalue weighted by Crippen LogP contribution is -2.32. The van der Waals surface area contributed by atoms with E-state index < -0.39 is 5.91 Å². The molecular weight excluding hydrogens is 510 g/mol. The Morgan fingerprint density at radius 3 is 2.38 bits per heavy atom. The zero-order valence-electron chi connectivity index (χ0n) is 22.0. The van der Waals surface area contributed by atoms with Gasteiger partial charge in [-0.1, -0.05) is 30.3 Å². The van der Waals surface area contributed by atoms with Gasteiger partial charge >= 0.3 is 0 Å². The number of nitrogens with zero attached hydrogens (tertiary/aromatic N) is 1. The van der Waals surface area contributed by atoms with Gasteiger partial charge in [-0.15, -0.1) is 11.3 Å². The maximum Gasteiger partial charge on any atom is 0.256 e. The minimum Gasteiger partial charge on any atom is -0.493 e. The van der Waals surface area contributed by atoms with Gasteiger partial charge in [-0.2, -0.15) is 0 Å². The van der Waals surface area contributed by atoms with Crippen molar-refractivity contribution in [1.82, 2.24) is 4.90 Å². The molecule has 0 saturated carbocycles. The van der Waals surface area contributed by atoms with Crippen molar-refractivity contribution in [2.75, 3.05) is 32.6 Å². The highest BCUT2D eigenvalue weighted by Crippen LogP contribution is 2.34. The highest BCUT2D eigenvalue weighted by atomic mass is 32.1. The molecule has 1 aliphatic heterocycles. The first-order valence-electron chi connectivity index (χ1n) is 12.8. The lowest BCUT2D eigenvalue weighted by Gasteiger charge is -2.29. The molecular formula is C31H31N3O4S. The summed E-state index contributed by atoms with van der Waals surface area (Å²) >= 11 is 1.39. The quantitative estimate of drug-likeness (QED) is 0.297. The summed E-state index contributed by atoms with van der Waals surface area (Å²) in [6.45, 7) is 2.82. The number of benzene rings is 3.